The van der Waals surface area contributed by atoms with Gasteiger partial charge in [0.25, 0.3) is 5.91 Å². The fourth-order valence-corrected chi connectivity index (χ4v) is 1.80. The number of nitrogens with two attached hydrogens (primary N) is 1. The first-order valence-electron chi connectivity index (χ1n) is 5.49. The summed E-state index contributed by atoms with van der Waals surface area (Å²) in [6, 6.07) is 3.16. The molecule has 0 unspecified atom stereocenters. The molecule has 0 saturated heterocycles. The number of benzene rings is 1. The number of nitrogens with one attached hydrogen (secondary N) is 1. The molecular weight excluding hydrogens is 286 g/mol. The number of rotatable bonds is 3. The van der Waals surface area contributed by atoms with Crippen LogP contribution in [0.5, 0.6) is 0 Å². The van der Waals surface area contributed by atoms with Crippen LogP contribution in [0.25, 0.3) is 0 Å². The molecule has 0 spiro atoms. The Morgan fingerprint density at radius 2 is 2.00 bits per heavy atom. The Morgan fingerprint density at radius 3 is 2.55 bits per heavy atom. The number of thiocarbonyl (C=S) groups is 1. The summed E-state index contributed by atoms with van der Waals surface area (Å²) in [5.41, 5.74) is 5.12. The average molecular weight is 296 g/mol. The molecule has 0 aliphatic heterocycles. The van der Waals surface area contributed by atoms with Crippen molar-refractivity contribution in [3.8, 4) is 0 Å². The molecule has 2 rings (SSSR count). The Balaban J connectivity index is 2.38. The Kier molecular flexibility index (Phi) is 3.75. The lowest BCUT2D eigenvalue weighted by molar-refractivity contribution is 0.101. The lowest BCUT2D eigenvalue weighted by Gasteiger charge is -2.09. The maximum absolute atomic E-state index is 13.5. The molecule has 0 saturated carbocycles. The summed E-state index contributed by atoms with van der Waals surface area (Å²) in [6.45, 7) is 0. The fourth-order valence-electron chi connectivity index (χ4n) is 1.65. The molecule has 1 aromatic heterocycles. The number of hydrogen-bond donors (Lipinski definition) is 2. The van der Waals surface area contributed by atoms with E-state index in [1.54, 1.807) is 0 Å². The van der Waals surface area contributed by atoms with Crippen LogP contribution in [0.3, 0.4) is 0 Å². The van der Waals surface area contributed by atoms with Crippen LogP contribution in [0.2, 0.25) is 0 Å². The molecule has 2 aromatic rings. The van der Waals surface area contributed by atoms with Gasteiger partial charge in [0.05, 0.1) is 11.8 Å². The van der Waals surface area contributed by atoms with Crippen molar-refractivity contribution in [1.29, 1.82) is 0 Å². The van der Waals surface area contributed by atoms with E-state index in [1.807, 2.05) is 0 Å². The van der Waals surface area contributed by atoms with Crippen LogP contribution < -0.4 is 11.1 Å². The van der Waals surface area contributed by atoms with Gasteiger partial charge < -0.3 is 11.1 Å². The Morgan fingerprint density at radius 1 is 1.40 bits per heavy atom. The highest BCUT2D eigenvalue weighted by Gasteiger charge is 2.20. The van der Waals surface area contributed by atoms with Gasteiger partial charge >= 0.3 is 0 Å². The van der Waals surface area contributed by atoms with E-state index < -0.39 is 23.1 Å². The van der Waals surface area contributed by atoms with E-state index in [-0.39, 0.29) is 10.8 Å². The monoisotopic (exact) mass is 296 g/mol. The molecule has 0 bridgehead atoms. The van der Waals surface area contributed by atoms with E-state index in [2.05, 4.69) is 10.4 Å². The maximum atomic E-state index is 13.5. The number of nitrogens with zero attached hydrogens (tertiary/aromatic N) is 2. The minimum Gasteiger partial charge on any atom is -0.389 e. The number of halogens is 2. The third-order valence-electron chi connectivity index (χ3n) is 2.63. The van der Waals surface area contributed by atoms with Crippen molar-refractivity contribution < 1.29 is 13.6 Å². The Hall–Kier alpha value is -2.35. The zero-order valence-electron chi connectivity index (χ0n) is 10.4. The van der Waals surface area contributed by atoms with Crippen molar-refractivity contribution in [3.63, 3.8) is 0 Å². The highest BCUT2D eigenvalue weighted by atomic mass is 32.1. The number of amides is 1. The van der Waals surface area contributed by atoms with Crippen LogP contribution in [0.4, 0.5) is 14.6 Å². The van der Waals surface area contributed by atoms with Crippen LogP contribution in [0.15, 0.2) is 24.4 Å². The minimum absolute atomic E-state index is 0.0161. The van der Waals surface area contributed by atoms with Gasteiger partial charge in [-0.25, -0.2) is 8.78 Å². The quantitative estimate of drug-likeness (QED) is 0.844. The first-order chi connectivity index (χ1) is 9.41. The first-order valence-corrected chi connectivity index (χ1v) is 5.89. The zero-order chi connectivity index (χ0) is 14.9. The second-order valence-electron chi connectivity index (χ2n) is 3.95. The number of hydrogen-bond acceptors (Lipinski definition) is 3. The van der Waals surface area contributed by atoms with Crippen molar-refractivity contribution in [3.05, 3.63) is 47.2 Å². The summed E-state index contributed by atoms with van der Waals surface area (Å²) in [5.74, 6) is -2.69. The normalized spacial score (nSPS) is 10.3. The Labute approximate surface area is 118 Å². The molecule has 1 heterocycles. The summed E-state index contributed by atoms with van der Waals surface area (Å²) in [4.78, 5) is 12.0. The molecule has 0 atom stereocenters. The van der Waals surface area contributed by atoms with Gasteiger partial charge in [0.15, 0.2) is 0 Å². The second-order valence-corrected chi connectivity index (χ2v) is 4.39. The number of carbonyl (C=O) groups excluding carboxylic acids is 1. The van der Waals surface area contributed by atoms with Gasteiger partial charge in [-0.3, -0.25) is 9.48 Å². The second kappa shape index (κ2) is 5.33. The minimum atomic E-state index is -0.957. The van der Waals surface area contributed by atoms with Gasteiger partial charge in [-0.2, -0.15) is 5.10 Å². The van der Waals surface area contributed by atoms with E-state index in [4.69, 9.17) is 18.0 Å². The lowest BCUT2D eigenvalue weighted by Crippen LogP contribution is -2.20. The molecule has 0 radical (unpaired) electrons. The van der Waals surface area contributed by atoms with Gasteiger partial charge in [-0.1, -0.05) is 18.3 Å². The number of anilines is 1. The van der Waals surface area contributed by atoms with Crippen molar-refractivity contribution >= 4 is 28.9 Å². The zero-order valence-corrected chi connectivity index (χ0v) is 11.2. The molecule has 5 nitrogen and oxygen atoms in total. The van der Waals surface area contributed by atoms with Gasteiger partial charge in [0.2, 0.25) is 0 Å². The average Bonchev–Trinajstić information content (AvgIpc) is 2.71. The van der Waals surface area contributed by atoms with Crippen LogP contribution in [0, 0.1) is 11.6 Å². The number of aromatic nitrogens is 2. The first kappa shape index (κ1) is 14.1. The van der Waals surface area contributed by atoms with Gasteiger partial charge in [-0.15, -0.1) is 0 Å². The summed E-state index contributed by atoms with van der Waals surface area (Å²) < 4.78 is 28.3. The molecule has 1 amide bonds. The van der Waals surface area contributed by atoms with Crippen LogP contribution in [-0.4, -0.2) is 20.7 Å². The van der Waals surface area contributed by atoms with Crippen molar-refractivity contribution in [2.45, 2.75) is 0 Å². The third kappa shape index (κ3) is 2.50. The van der Waals surface area contributed by atoms with Crippen molar-refractivity contribution in [2.75, 3.05) is 5.32 Å². The predicted molar refractivity (Wildman–Crippen MR) is 73.4 cm³/mol. The van der Waals surface area contributed by atoms with Crippen LogP contribution in [0.1, 0.15) is 15.9 Å². The highest BCUT2D eigenvalue weighted by Crippen LogP contribution is 2.18. The standard InChI is InChI=1S/C12H10F2N4OS/c1-18-11(6(5-16-18)10(15)20)17-12(19)9-7(13)3-2-4-8(9)14/h2-5H,1H3,(H2,15,20)(H,17,19). The topological polar surface area (TPSA) is 72.9 Å². The van der Waals surface area contributed by atoms with E-state index in [0.717, 1.165) is 12.1 Å². The number of aryl methyl sites for hydroxylation is 1. The van der Waals surface area contributed by atoms with E-state index in [0.29, 0.717) is 5.56 Å². The van der Waals surface area contributed by atoms with Crippen molar-refractivity contribution in [1.82, 2.24) is 9.78 Å². The van der Waals surface area contributed by atoms with Crippen molar-refractivity contribution in [2.24, 2.45) is 12.8 Å². The molecule has 3 N–H and O–H groups in total. The van der Waals surface area contributed by atoms with E-state index >= 15 is 0 Å². The van der Waals surface area contributed by atoms with E-state index in [1.165, 1.54) is 24.0 Å². The SMILES string of the molecule is Cn1ncc(C(N)=S)c1NC(=O)c1c(F)cccc1F. The van der Waals surface area contributed by atoms with Crippen LogP contribution >= 0.6 is 12.2 Å². The van der Waals surface area contributed by atoms with Gasteiger partial charge in [0, 0.05) is 7.05 Å². The molecule has 0 fully saturated rings. The lowest BCUT2D eigenvalue weighted by atomic mass is 10.2. The van der Waals surface area contributed by atoms with Gasteiger partial charge in [-0.05, 0) is 12.1 Å². The molecule has 8 heteroatoms. The fraction of sp³-hybridized carbons (Fsp3) is 0.0833. The molecule has 104 valence electrons. The summed E-state index contributed by atoms with van der Waals surface area (Å²) in [6.07, 6.45) is 1.36. The molecular formula is C12H10F2N4OS. The summed E-state index contributed by atoms with van der Waals surface area (Å²) in [7, 11) is 1.54. The summed E-state index contributed by atoms with van der Waals surface area (Å²) >= 11 is 4.81. The molecule has 0 aliphatic rings. The summed E-state index contributed by atoms with van der Waals surface area (Å²) in [5, 5.41) is 6.23. The Bertz CT molecular complexity index is 679. The van der Waals surface area contributed by atoms with E-state index in [9.17, 15) is 13.6 Å². The smallest absolute Gasteiger partial charge is 0.262 e. The predicted octanol–water partition coefficient (Wildman–Crippen LogP) is 1.58. The highest BCUT2D eigenvalue weighted by molar-refractivity contribution is 7.80. The maximum Gasteiger partial charge on any atom is 0.262 e. The largest absolute Gasteiger partial charge is 0.389 e. The van der Waals surface area contributed by atoms with Gasteiger partial charge in [0.1, 0.15) is 28.0 Å². The molecule has 0 aliphatic carbocycles. The van der Waals surface area contributed by atoms with Crippen LogP contribution in [-0.2, 0) is 7.05 Å². The number of carbonyl (C=O) groups is 1. The third-order valence-corrected chi connectivity index (χ3v) is 2.85. The molecule has 20 heavy (non-hydrogen) atoms. The molecule has 1 aromatic carbocycles.